The van der Waals surface area contributed by atoms with Gasteiger partial charge in [-0.3, -0.25) is 0 Å². The number of rotatable bonds is 7. The van der Waals surface area contributed by atoms with Crippen LogP contribution >= 0.6 is 22.7 Å². The van der Waals surface area contributed by atoms with Gasteiger partial charge in [-0.05, 0) is 129 Å². The molecule has 9 aromatic heterocycles. The van der Waals surface area contributed by atoms with E-state index in [1.807, 2.05) is 254 Å². The van der Waals surface area contributed by atoms with E-state index in [-0.39, 0.29) is 120 Å². The molecule has 12 aromatic carbocycles. The SMILES string of the molecule is Cc1cc[n+]2c(n1)-c1ccccc1C2.[2H]c1c[n+]2c(c([2H])c1[2H])-c1c([2H])c([2H])c([2H])c([2H])c1C2.[Ir+3].[Ir].[Ir].[c-]1ccc(-c2ccccc2)cc1-c1ccccn1.[c-]1ccc2c(sc3ccccc32)c1-c1ccccn1.[c-]1ccccc1-c1ccccn1.[c-]1ccccc1-c1ccccn1.[c-]1ccccc1N1C=CN(c2ccccc2)[CH-]1.c1cc[n+]2c(c1)-c1c(ccc3c1sc1ccccc13)C2. The molecule has 0 spiro atoms. The smallest absolute Gasteiger partial charge is 0.500 e. The normalized spacial score (nSPS) is 12.2. The maximum absolute atomic E-state index is 7.97. The Morgan fingerprint density at radius 3 is 1.57 bits per heavy atom. The predicted octanol–water partition coefficient (Wildman–Crippen LogP) is 25.7. The Balaban J connectivity index is 0.000000118. The molecule has 0 aliphatic carbocycles. The van der Waals surface area contributed by atoms with Gasteiger partial charge in [0.05, 0.1) is 32.5 Å². The van der Waals surface area contributed by atoms with Crippen molar-refractivity contribution in [1.29, 1.82) is 0 Å². The van der Waals surface area contributed by atoms with Crippen molar-refractivity contribution in [2.45, 2.75) is 26.6 Å². The summed E-state index contributed by atoms with van der Waals surface area (Å²) < 4.78 is 66.0. The number of thiophene rings is 2. The van der Waals surface area contributed by atoms with Gasteiger partial charge in [-0.25, -0.2) is 4.57 Å². The number of benzene rings is 12. The number of hydrogen-bond acceptors (Lipinski definition) is 9. The van der Waals surface area contributed by atoms with Crippen LogP contribution in [0, 0.1) is 43.9 Å². The van der Waals surface area contributed by atoms with Crippen LogP contribution < -0.4 is 23.5 Å². The maximum atomic E-state index is 7.97. The summed E-state index contributed by atoms with van der Waals surface area (Å²) in [5.74, 6) is 1.10. The minimum Gasteiger partial charge on any atom is -0.500 e. The van der Waals surface area contributed by atoms with E-state index in [4.69, 9.17) is 9.60 Å². The fourth-order valence-corrected chi connectivity index (χ4v) is 17.5. The topological polar surface area (TPSA) is 82.6 Å². The van der Waals surface area contributed by atoms with Crippen LogP contribution in [0.25, 0.3) is 130 Å². The van der Waals surface area contributed by atoms with E-state index in [1.165, 1.54) is 85.6 Å². The predicted molar refractivity (Wildman–Crippen MR) is 511 cm³/mol. The maximum Gasteiger partial charge on any atom is 3.00 e. The minimum atomic E-state index is -0.344. The molecule has 2 radical (unpaired) electrons. The minimum absolute atomic E-state index is 0. The first-order valence-electron chi connectivity index (χ1n) is 44.4. The molecule has 4 aliphatic heterocycles. The third kappa shape index (κ3) is 21.4. The van der Waals surface area contributed by atoms with Crippen molar-refractivity contribution in [2.75, 3.05) is 9.80 Å². The summed E-state index contributed by atoms with van der Waals surface area (Å²) >= 11 is 3.73. The van der Waals surface area contributed by atoms with E-state index < -0.39 is 0 Å². The van der Waals surface area contributed by atoms with Crippen LogP contribution in [0.2, 0.25) is 0 Å². The van der Waals surface area contributed by atoms with Gasteiger partial charge in [-0.2, -0.15) is 50.8 Å². The Hall–Kier alpha value is -13.7. The van der Waals surface area contributed by atoms with Crippen molar-refractivity contribution in [2.24, 2.45) is 0 Å². The summed E-state index contributed by atoms with van der Waals surface area (Å²) in [6, 6.07) is 131. The van der Waals surface area contributed by atoms with Crippen LogP contribution in [0.15, 0.2) is 444 Å². The molecule has 0 unspecified atom stereocenters. The molecule has 0 saturated carbocycles. The fraction of sp³-hybridized carbons (Fsp3) is 0.0354. The molecule has 0 saturated heterocycles. The van der Waals surface area contributed by atoms with Crippen LogP contribution in [0.3, 0.4) is 0 Å². The molecule has 15 heteroatoms. The Kier molecular flexibility index (Phi) is 27.6. The number of fused-ring (bicyclic) bond motifs is 16. The summed E-state index contributed by atoms with van der Waals surface area (Å²) in [6.07, 6.45) is 16.9. The number of pyridine rings is 6. The molecule has 13 heterocycles. The molecule has 128 heavy (non-hydrogen) atoms. The Bertz CT molecular complexity index is 7390. The van der Waals surface area contributed by atoms with Crippen LogP contribution in [0.1, 0.15) is 32.0 Å². The number of para-hydroxylation sites is 2. The van der Waals surface area contributed by atoms with Crippen molar-refractivity contribution < 1.29 is 83.6 Å². The van der Waals surface area contributed by atoms with Crippen LogP contribution in [0.4, 0.5) is 11.4 Å². The van der Waals surface area contributed by atoms with Gasteiger partial charge in [-0.15, -0.1) is 155 Å². The standard InChI is InChI=1S/C18H12NS.C17H10NS.C17H12N.C15H12N2.C12H11N2.C12H10N.2C11H8N.3Ir/c1-2-7-16-13(5-1)14-9-8-12-11-19-10-4-3-6-15(19)17(12)18(14)20-16;1-2-10-16-12(6-1)13-7-5-8-14(17(13)19-16)15-9-3-4-11-18-15;1-2-7-14(8-3-1)15-9-6-10-16(13-15)17-11-4-5-12-18-17;1-3-7-14(8-4-1)16-11-12-17(13-16)15-9-5-2-6-10-15;1-9-6-7-14-8-10-4-2-3-5-11(10)12(14)13-9;1-2-6-11-10(5-1)9-13-8-4-3-7-12(11)13;2*1-2-6-10(7-3-1)11-8-4-5-9-12-11;;;/h1-10H,11H2;1-7,9-11H;1-9,11-13H;1-9,11-13H;2-7H,8H2,1H3;1-8H,9H2;2*1-6,8-9H;;;/q+1;2*-1;-2;2*+1;2*-1;;;+3/i;;;;;1D,2D,3D,4D,5D,6D,7D;;;;;. The molecule has 0 fully saturated rings. The fourth-order valence-electron chi connectivity index (χ4n) is 15.0. The first-order valence-corrected chi connectivity index (χ1v) is 42.5. The quantitative estimate of drug-likeness (QED) is 0.116. The van der Waals surface area contributed by atoms with E-state index in [0.717, 1.165) is 81.0 Å². The summed E-state index contributed by atoms with van der Waals surface area (Å²) in [4.78, 5) is 25.9. The van der Waals surface area contributed by atoms with Crippen LogP contribution in [-0.4, -0.2) is 24.9 Å². The number of anilines is 2. The molecule has 0 amide bonds. The van der Waals surface area contributed by atoms with Gasteiger partial charge in [0.25, 0.3) is 0 Å². The molecule has 624 valence electrons. The molecule has 4 aliphatic rings. The first-order chi connectivity index (χ1) is 64.8. The van der Waals surface area contributed by atoms with E-state index in [2.05, 4.69) is 233 Å². The third-order valence-corrected chi connectivity index (χ3v) is 23.4. The van der Waals surface area contributed by atoms with Crippen molar-refractivity contribution >= 4 is 74.4 Å². The average Bonchev–Trinajstić information content (AvgIpc) is 1.59. The largest absolute Gasteiger partial charge is 3.00 e. The molecule has 10 nitrogen and oxygen atoms in total. The van der Waals surface area contributed by atoms with E-state index in [1.54, 1.807) is 23.2 Å². The van der Waals surface area contributed by atoms with Crippen molar-refractivity contribution in [1.82, 2.24) is 24.9 Å². The zero-order chi connectivity index (χ0) is 90.2. The molecular weight excluding hydrogens is 2140 g/mol. The van der Waals surface area contributed by atoms with Crippen molar-refractivity contribution in [3.63, 3.8) is 0 Å². The van der Waals surface area contributed by atoms with E-state index in [9.17, 15) is 0 Å². The summed E-state index contributed by atoms with van der Waals surface area (Å²) in [6.45, 7) is 6.22. The second-order valence-corrected chi connectivity index (χ2v) is 31.2. The molecule has 0 atom stereocenters. The first kappa shape index (κ1) is 80.2. The van der Waals surface area contributed by atoms with Gasteiger partial charge < -0.3 is 29.7 Å². The molecule has 0 bridgehead atoms. The number of aryl methyl sites for hydroxylation is 1. The third-order valence-electron chi connectivity index (χ3n) is 21.0. The zero-order valence-corrected chi connectivity index (χ0v) is 77.9. The molecule has 0 N–H and O–H groups in total. The Morgan fingerprint density at radius 2 is 0.906 bits per heavy atom. The van der Waals surface area contributed by atoms with Crippen molar-refractivity contribution in [3.8, 4) is 90.1 Å². The Labute approximate surface area is 805 Å². The van der Waals surface area contributed by atoms with Gasteiger partial charge in [0.15, 0.2) is 31.2 Å². The molecule has 21 aromatic rings. The summed E-state index contributed by atoms with van der Waals surface area (Å²) in [7, 11) is 0. The average molecular weight is 2230 g/mol. The second-order valence-electron chi connectivity index (χ2n) is 29.1. The zero-order valence-electron chi connectivity index (χ0n) is 76.1. The summed E-state index contributed by atoms with van der Waals surface area (Å²) in [5, 5.41) is 5.38. The number of nitrogens with zero attached hydrogens (tertiary/aromatic N) is 10. The van der Waals surface area contributed by atoms with Gasteiger partial charge in [0, 0.05) is 149 Å². The van der Waals surface area contributed by atoms with Crippen molar-refractivity contribution in [3.05, 3.63) is 503 Å². The summed E-state index contributed by atoms with van der Waals surface area (Å²) in [5.41, 5.74) is 21.6. The monoisotopic (exact) mass is 2230 g/mol. The number of hydrogen-bond donors (Lipinski definition) is 0. The van der Waals surface area contributed by atoms with Gasteiger partial charge in [0.1, 0.15) is 6.54 Å². The molecular formula is C113H83Ir3N10S2. The molecule has 25 rings (SSSR count). The van der Waals surface area contributed by atoms with Crippen LogP contribution in [0.5, 0.6) is 0 Å². The van der Waals surface area contributed by atoms with E-state index >= 15 is 0 Å². The van der Waals surface area contributed by atoms with Crippen LogP contribution in [-0.2, 0) is 80.0 Å². The Morgan fingerprint density at radius 1 is 0.367 bits per heavy atom. The van der Waals surface area contributed by atoms with Gasteiger partial charge >= 0.3 is 25.9 Å². The number of aromatic nitrogens is 8. The van der Waals surface area contributed by atoms with Gasteiger partial charge in [-0.1, -0.05) is 187 Å². The second kappa shape index (κ2) is 44.0. The van der Waals surface area contributed by atoms with Gasteiger partial charge in [0.2, 0.25) is 11.4 Å². The van der Waals surface area contributed by atoms with E-state index in [0.29, 0.717) is 5.56 Å².